The first kappa shape index (κ1) is 9.65. The quantitative estimate of drug-likeness (QED) is 0.718. The van der Waals surface area contributed by atoms with Crippen LogP contribution in [0.25, 0.3) is 0 Å². The lowest BCUT2D eigenvalue weighted by Gasteiger charge is -2.07. The Hall–Kier alpha value is -0.900. The van der Waals surface area contributed by atoms with E-state index in [-0.39, 0.29) is 16.8 Å². The van der Waals surface area contributed by atoms with Gasteiger partial charge in [0.1, 0.15) is 0 Å². The van der Waals surface area contributed by atoms with E-state index in [4.69, 9.17) is 0 Å². The molecule has 0 amide bonds. The number of ketones is 1. The summed E-state index contributed by atoms with van der Waals surface area (Å²) in [6.07, 6.45) is 3.63. The Morgan fingerprint density at radius 2 is 2.29 bits per heavy atom. The molecule has 1 aliphatic rings. The predicted octanol–water partition coefficient (Wildman–Crippen LogP) is 1.76. The fourth-order valence-corrected chi connectivity index (χ4v) is 2.43. The van der Waals surface area contributed by atoms with Gasteiger partial charge >= 0.3 is 0 Å². The van der Waals surface area contributed by atoms with Gasteiger partial charge in [-0.1, -0.05) is 0 Å². The highest BCUT2D eigenvalue weighted by atomic mass is 79.9. The van der Waals surface area contributed by atoms with E-state index in [0.29, 0.717) is 4.47 Å². The van der Waals surface area contributed by atoms with E-state index in [0.717, 1.165) is 25.1 Å². The van der Waals surface area contributed by atoms with Crippen molar-refractivity contribution in [3.8, 4) is 0 Å². The van der Waals surface area contributed by atoms with E-state index >= 15 is 0 Å². The summed E-state index contributed by atoms with van der Waals surface area (Å²) < 4.78 is 2.55. The van der Waals surface area contributed by atoms with Crippen molar-refractivity contribution in [2.75, 3.05) is 0 Å². The van der Waals surface area contributed by atoms with Crippen molar-refractivity contribution in [1.29, 1.82) is 0 Å². The molecular formula is C10H10BrNO2. The summed E-state index contributed by atoms with van der Waals surface area (Å²) in [5.41, 5.74) is 1.12. The van der Waals surface area contributed by atoms with Gasteiger partial charge < -0.3 is 4.57 Å². The van der Waals surface area contributed by atoms with Crippen molar-refractivity contribution in [3.63, 3.8) is 0 Å². The average molecular weight is 256 g/mol. The molecule has 0 saturated carbocycles. The second-order valence-corrected chi connectivity index (χ2v) is 4.28. The molecule has 74 valence electrons. The number of aryl methyl sites for hydroxylation is 1. The molecule has 0 spiro atoms. The maximum Gasteiger partial charge on any atom is 0.206 e. The van der Waals surface area contributed by atoms with Gasteiger partial charge in [-0.15, -0.1) is 0 Å². The van der Waals surface area contributed by atoms with Crippen molar-refractivity contribution in [1.82, 2.24) is 4.57 Å². The number of nitrogens with zero attached hydrogens (tertiary/aromatic N) is 1. The minimum atomic E-state index is -0.175. The van der Waals surface area contributed by atoms with Crippen LogP contribution in [0.3, 0.4) is 0 Å². The topological polar surface area (TPSA) is 39.1 Å². The Labute approximate surface area is 89.9 Å². The van der Waals surface area contributed by atoms with Gasteiger partial charge in [0.15, 0.2) is 5.78 Å². The maximum absolute atomic E-state index is 11.7. The first-order chi connectivity index (χ1) is 6.61. The Morgan fingerprint density at radius 1 is 1.57 bits per heavy atom. The summed E-state index contributed by atoms with van der Waals surface area (Å²) in [6.45, 7) is 2.32. The van der Waals surface area contributed by atoms with Gasteiger partial charge in [-0.2, -0.15) is 0 Å². The minimum absolute atomic E-state index is 0.169. The molecule has 0 aromatic carbocycles. The molecule has 1 aromatic rings. The molecule has 0 radical (unpaired) electrons. The number of halogens is 1. The van der Waals surface area contributed by atoms with Crippen LogP contribution in [0.5, 0.6) is 0 Å². The lowest BCUT2D eigenvalue weighted by molar-refractivity contribution is 0.101. The van der Waals surface area contributed by atoms with Crippen LogP contribution in [0.2, 0.25) is 0 Å². The van der Waals surface area contributed by atoms with Crippen molar-refractivity contribution in [2.24, 2.45) is 0 Å². The normalized spacial score (nSPS) is 14.1. The number of carbonyl (C=O) groups is 1. The van der Waals surface area contributed by atoms with Gasteiger partial charge in [0.2, 0.25) is 5.43 Å². The van der Waals surface area contributed by atoms with Crippen LogP contribution in [-0.2, 0) is 13.0 Å². The third-order valence-electron chi connectivity index (χ3n) is 2.52. The van der Waals surface area contributed by atoms with Crippen LogP contribution in [0.1, 0.15) is 29.4 Å². The molecule has 0 unspecified atom stereocenters. The van der Waals surface area contributed by atoms with E-state index in [1.807, 2.05) is 4.57 Å². The molecule has 1 aliphatic heterocycles. The molecule has 0 aliphatic carbocycles. The van der Waals surface area contributed by atoms with Crippen LogP contribution < -0.4 is 5.43 Å². The largest absolute Gasteiger partial charge is 0.349 e. The van der Waals surface area contributed by atoms with E-state index in [1.165, 1.54) is 6.92 Å². The zero-order valence-electron chi connectivity index (χ0n) is 7.84. The molecule has 0 N–H and O–H groups in total. The van der Waals surface area contributed by atoms with Crippen LogP contribution in [0.4, 0.5) is 0 Å². The van der Waals surface area contributed by atoms with Crippen molar-refractivity contribution in [3.05, 3.63) is 32.2 Å². The van der Waals surface area contributed by atoms with Crippen molar-refractivity contribution in [2.45, 2.75) is 26.3 Å². The Morgan fingerprint density at radius 3 is 2.93 bits per heavy atom. The van der Waals surface area contributed by atoms with Crippen LogP contribution in [-0.4, -0.2) is 10.4 Å². The molecule has 2 rings (SSSR count). The molecule has 0 fully saturated rings. The second kappa shape index (κ2) is 3.35. The third kappa shape index (κ3) is 1.34. The van der Waals surface area contributed by atoms with Gasteiger partial charge in [0, 0.05) is 18.4 Å². The van der Waals surface area contributed by atoms with Crippen LogP contribution in [0.15, 0.2) is 15.5 Å². The van der Waals surface area contributed by atoms with Gasteiger partial charge in [0.05, 0.1) is 10.0 Å². The van der Waals surface area contributed by atoms with E-state index in [9.17, 15) is 9.59 Å². The Kier molecular flexibility index (Phi) is 2.31. The summed E-state index contributed by atoms with van der Waals surface area (Å²) >= 11 is 3.26. The van der Waals surface area contributed by atoms with Crippen LogP contribution in [0, 0.1) is 0 Å². The lowest BCUT2D eigenvalue weighted by atomic mass is 10.2. The zero-order chi connectivity index (χ0) is 10.3. The number of Topliss-reactive ketones (excluding diaryl/α,β-unsaturated/α-hetero) is 1. The molecule has 14 heavy (non-hydrogen) atoms. The molecule has 3 nitrogen and oxygen atoms in total. The Balaban J connectivity index is 2.73. The maximum atomic E-state index is 11.7. The average Bonchev–Trinajstić information content (AvgIpc) is 2.58. The highest BCUT2D eigenvalue weighted by Gasteiger charge is 2.18. The van der Waals surface area contributed by atoms with Gasteiger partial charge in [-0.3, -0.25) is 9.59 Å². The number of aromatic nitrogens is 1. The fraction of sp³-hybridized carbons (Fsp3) is 0.400. The first-order valence-corrected chi connectivity index (χ1v) is 5.33. The number of hydrogen-bond acceptors (Lipinski definition) is 2. The first-order valence-electron chi connectivity index (χ1n) is 4.54. The summed E-state index contributed by atoms with van der Waals surface area (Å²) in [7, 11) is 0. The third-order valence-corrected chi connectivity index (χ3v) is 3.34. The molecule has 0 bridgehead atoms. The van der Waals surface area contributed by atoms with Gasteiger partial charge in [-0.05, 0) is 35.7 Å². The highest BCUT2D eigenvalue weighted by molar-refractivity contribution is 9.10. The number of hydrogen-bond donors (Lipinski definition) is 0. The molecule has 2 heterocycles. The molecule has 1 aromatic heterocycles. The smallest absolute Gasteiger partial charge is 0.206 e. The number of rotatable bonds is 1. The van der Waals surface area contributed by atoms with Crippen LogP contribution >= 0.6 is 15.9 Å². The monoisotopic (exact) mass is 255 g/mol. The summed E-state index contributed by atoms with van der Waals surface area (Å²) in [5, 5.41) is 0. The minimum Gasteiger partial charge on any atom is -0.349 e. The molecule has 4 heteroatoms. The molecule has 0 atom stereocenters. The number of pyridine rings is 1. The van der Waals surface area contributed by atoms with E-state index in [2.05, 4.69) is 15.9 Å². The summed E-state index contributed by atoms with van der Waals surface area (Å²) in [4.78, 5) is 22.9. The zero-order valence-corrected chi connectivity index (χ0v) is 9.43. The van der Waals surface area contributed by atoms with E-state index < -0.39 is 0 Å². The Bertz CT molecular complexity index is 462. The SMILES string of the molecule is CC(=O)c1cn2c(c(Br)c1=O)CCC2. The standard InChI is InChI=1S/C10H10BrNO2/c1-6(13)7-5-12-4-2-3-8(12)9(11)10(7)14/h5H,2-4H2,1H3. The second-order valence-electron chi connectivity index (χ2n) is 3.49. The molecular weight excluding hydrogens is 246 g/mol. The molecule has 0 saturated heterocycles. The van der Waals surface area contributed by atoms with Gasteiger partial charge in [-0.25, -0.2) is 0 Å². The number of carbonyl (C=O) groups excluding carboxylic acids is 1. The van der Waals surface area contributed by atoms with Crippen molar-refractivity contribution < 1.29 is 4.79 Å². The number of fused-ring (bicyclic) bond motifs is 1. The van der Waals surface area contributed by atoms with Gasteiger partial charge in [0.25, 0.3) is 0 Å². The predicted molar refractivity (Wildman–Crippen MR) is 56.7 cm³/mol. The van der Waals surface area contributed by atoms with E-state index in [1.54, 1.807) is 6.20 Å². The van der Waals surface area contributed by atoms with Crippen molar-refractivity contribution >= 4 is 21.7 Å². The highest BCUT2D eigenvalue weighted by Crippen LogP contribution is 2.21. The lowest BCUT2D eigenvalue weighted by Crippen LogP contribution is -2.18. The fourth-order valence-electron chi connectivity index (χ4n) is 1.79. The summed E-state index contributed by atoms with van der Waals surface area (Å²) in [6, 6.07) is 0. The summed E-state index contributed by atoms with van der Waals surface area (Å²) in [5.74, 6) is -0.169.